The van der Waals surface area contributed by atoms with Gasteiger partial charge >= 0.3 is 5.97 Å². The summed E-state index contributed by atoms with van der Waals surface area (Å²) in [4.78, 5) is 22.2. The summed E-state index contributed by atoms with van der Waals surface area (Å²) in [6, 6.07) is 0. The van der Waals surface area contributed by atoms with Crippen molar-refractivity contribution in [1.29, 1.82) is 0 Å². The van der Waals surface area contributed by atoms with Crippen molar-refractivity contribution in [2.45, 2.75) is 0 Å². The number of carbonyl (C=O) groups excluding carboxylic acids is 1. The highest BCUT2D eigenvalue weighted by Crippen LogP contribution is 2.06. The van der Waals surface area contributed by atoms with Crippen LogP contribution in [-0.2, 0) is 7.05 Å². The summed E-state index contributed by atoms with van der Waals surface area (Å²) in [7, 11) is 1.44. The number of carboxylic acids is 1. The van der Waals surface area contributed by atoms with Gasteiger partial charge in [-0.05, 0) is 0 Å². The first-order valence-electron chi connectivity index (χ1n) is 4.22. The monoisotopic (exact) mass is 213 g/mol. The molecular weight excluding hydrogens is 202 g/mol. The molecule has 82 valence electrons. The SMILES string of the molecule is Cn1ncc(C(=O)NCCO)c1C(=O)O. The van der Waals surface area contributed by atoms with Crippen LogP contribution in [0.1, 0.15) is 20.8 Å². The zero-order valence-electron chi connectivity index (χ0n) is 8.10. The lowest BCUT2D eigenvalue weighted by atomic mass is 10.2. The Hall–Kier alpha value is -1.89. The first-order valence-corrected chi connectivity index (χ1v) is 4.22. The average Bonchev–Trinajstić information content (AvgIpc) is 2.56. The number of rotatable bonds is 4. The molecule has 0 aliphatic rings. The number of carbonyl (C=O) groups is 2. The number of hydrogen-bond acceptors (Lipinski definition) is 4. The predicted molar refractivity (Wildman–Crippen MR) is 49.6 cm³/mol. The van der Waals surface area contributed by atoms with Gasteiger partial charge in [-0.3, -0.25) is 9.48 Å². The van der Waals surface area contributed by atoms with Crippen LogP contribution in [0.2, 0.25) is 0 Å². The van der Waals surface area contributed by atoms with E-state index in [2.05, 4.69) is 10.4 Å². The quantitative estimate of drug-likeness (QED) is 0.585. The maximum Gasteiger partial charge on any atom is 0.354 e. The molecule has 0 aromatic carbocycles. The third kappa shape index (κ3) is 2.32. The summed E-state index contributed by atoms with van der Waals surface area (Å²) < 4.78 is 1.11. The van der Waals surface area contributed by atoms with Crippen LogP contribution in [-0.4, -0.2) is 45.0 Å². The zero-order valence-corrected chi connectivity index (χ0v) is 8.10. The number of carboxylic acid groups (broad SMARTS) is 1. The van der Waals surface area contributed by atoms with E-state index in [1.807, 2.05) is 0 Å². The van der Waals surface area contributed by atoms with Gasteiger partial charge in [-0.15, -0.1) is 0 Å². The van der Waals surface area contributed by atoms with Crippen molar-refractivity contribution in [1.82, 2.24) is 15.1 Å². The average molecular weight is 213 g/mol. The van der Waals surface area contributed by atoms with Gasteiger partial charge in [-0.1, -0.05) is 0 Å². The summed E-state index contributed by atoms with van der Waals surface area (Å²) >= 11 is 0. The van der Waals surface area contributed by atoms with E-state index in [9.17, 15) is 9.59 Å². The summed E-state index contributed by atoms with van der Waals surface area (Å²) in [5.41, 5.74) is -0.191. The van der Waals surface area contributed by atoms with Crippen molar-refractivity contribution in [2.75, 3.05) is 13.2 Å². The molecule has 0 fully saturated rings. The normalized spacial score (nSPS) is 10.0. The number of aliphatic hydroxyl groups is 1. The van der Waals surface area contributed by atoms with Crippen molar-refractivity contribution in [3.8, 4) is 0 Å². The predicted octanol–water partition coefficient (Wildman–Crippen LogP) is -1.16. The molecule has 0 aliphatic carbocycles. The fourth-order valence-electron chi connectivity index (χ4n) is 1.12. The largest absolute Gasteiger partial charge is 0.477 e. The van der Waals surface area contributed by atoms with E-state index in [0.717, 1.165) is 4.68 Å². The summed E-state index contributed by atoms with van der Waals surface area (Å²) in [6.45, 7) is -0.124. The Morgan fingerprint density at radius 2 is 2.27 bits per heavy atom. The van der Waals surface area contributed by atoms with E-state index < -0.39 is 11.9 Å². The minimum absolute atomic E-state index is 0.0153. The zero-order chi connectivity index (χ0) is 11.4. The van der Waals surface area contributed by atoms with Crippen molar-refractivity contribution >= 4 is 11.9 Å². The van der Waals surface area contributed by atoms with E-state index in [1.165, 1.54) is 13.2 Å². The van der Waals surface area contributed by atoms with Crippen LogP contribution >= 0.6 is 0 Å². The number of aryl methyl sites for hydroxylation is 1. The number of nitrogens with one attached hydrogen (secondary N) is 1. The number of amides is 1. The Morgan fingerprint density at radius 3 is 2.80 bits per heavy atom. The van der Waals surface area contributed by atoms with Gasteiger partial charge in [-0.2, -0.15) is 5.10 Å². The third-order valence-electron chi connectivity index (χ3n) is 1.78. The van der Waals surface area contributed by atoms with E-state index in [4.69, 9.17) is 10.2 Å². The first kappa shape index (κ1) is 11.2. The van der Waals surface area contributed by atoms with Gasteiger partial charge in [0, 0.05) is 13.6 Å². The molecule has 0 aliphatic heterocycles. The molecule has 3 N–H and O–H groups in total. The second-order valence-electron chi connectivity index (χ2n) is 2.82. The molecule has 0 radical (unpaired) electrons. The van der Waals surface area contributed by atoms with Crippen LogP contribution < -0.4 is 5.32 Å². The lowest BCUT2D eigenvalue weighted by Gasteiger charge is -2.02. The number of hydrogen-bond donors (Lipinski definition) is 3. The fourth-order valence-corrected chi connectivity index (χ4v) is 1.12. The molecule has 15 heavy (non-hydrogen) atoms. The van der Waals surface area contributed by atoms with Gasteiger partial charge in [0.05, 0.1) is 18.4 Å². The van der Waals surface area contributed by atoms with Gasteiger partial charge in [0.2, 0.25) is 0 Å². The van der Waals surface area contributed by atoms with Crippen LogP contribution in [0.15, 0.2) is 6.20 Å². The molecule has 7 heteroatoms. The molecule has 0 atom stereocenters. The second kappa shape index (κ2) is 4.56. The van der Waals surface area contributed by atoms with Crippen molar-refractivity contribution in [3.05, 3.63) is 17.5 Å². The van der Waals surface area contributed by atoms with Crippen LogP contribution in [0.4, 0.5) is 0 Å². The Bertz CT molecular complexity index is 385. The standard InChI is InChI=1S/C8H11N3O4/c1-11-6(8(14)15)5(4-10-11)7(13)9-2-3-12/h4,12H,2-3H2,1H3,(H,9,13)(H,14,15). The van der Waals surface area contributed by atoms with E-state index in [0.29, 0.717) is 0 Å². The fraction of sp³-hybridized carbons (Fsp3) is 0.375. The Balaban J connectivity index is 2.94. The van der Waals surface area contributed by atoms with Crippen LogP contribution in [0, 0.1) is 0 Å². The summed E-state index contributed by atoms with van der Waals surface area (Å²) in [6.07, 6.45) is 1.18. The molecule has 0 saturated heterocycles. The maximum atomic E-state index is 11.4. The molecule has 1 aromatic rings. The van der Waals surface area contributed by atoms with Gasteiger partial charge in [0.1, 0.15) is 0 Å². The molecule has 1 aromatic heterocycles. The molecular formula is C8H11N3O4. The maximum absolute atomic E-state index is 11.4. The number of nitrogens with zero attached hydrogens (tertiary/aromatic N) is 2. The second-order valence-corrected chi connectivity index (χ2v) is 2.82. The molecule has 7 nitrogen and oxygen atoms in total. The molecule has 0 bridgehead atoms. The molecule has 0 spiro atoms. The number of aliphatic hydroxyl groups excluding tert-OH is 1. The molecule has 1 heterocycles. The summed E-state index contributed by atoms with van der Waals surface area (Å²) in [5, 5.41) is 23.3. The van der Waals surface area contributed by atoms with Gasteiger partial charge in [0.25, 0.3) is 5.91 Å². The van der Waals surface area contributed by atoms with Gasteiger partial charge in [-0.25, -0.2) is 4.79 Å². The minimum Gasteiger partial charge on any atom is -0.477 e. The van der Waals surface area contributed by atoms with Crippen molar-refractivity contribution in [3.63, 3.8) is 0 Å². The van der Waals surface area contributed by atoms with Gasteiger partial charge in [0.15, 0.2) is 5.69 Å². The lowest BCUT2D eigenvalue weighted by molar-refractivity contribution is 0.0679. The van der Waals surface area contributed by atoms with Crippen LogP contribution in [0.5, 0.6) is 0 Å². The van der Waals surface area contributed by atoms with Gasteiger partial charge < -0.3 is 15.5 Å². The van der Waals surface area contributed by atoms with E-state index >= 15 is 0 Å². The molecule has 0 saturated carbocycles. The number of aromatic carboxylic acids is 1. The molecule has 1 rings (SSSR count). The molecule has 1 amide bonds. The highest BCUT2D eigenvalue weighted by molar-refractivity contribution is 6.03. The Labute approximate surface area is 85.3 Å². The Morgan fingerprint density at radius 1 is 1.60 bits per heavy atom. The third-order valence-corrected chi connectivity index (χ3v) is 1.78. The van der Waals surface area contributed by atoms with Crippen molar-refractivity contribution in [2.24, 2.45) is 7.05 Å². The smallest absolute Gasteiger partial charge is 0.354 e. The number of aromatic nitrogens is 2. The molecule has 0 unspecified atom stereocenters. The first-order chi connectivity index (χ1) is 7.07. The lowest BCUT2D eigenvalue weighted by Crippen LogP contribution is -2.27. The Kier molecular flexibility index (Phi) is 3.40. The van der Waals surface area contributed by atoms with E-state index in [1.54, 1.807) is 0 Å². The topological polar surface area (TPSA) is 104 Å². The highest BCUT2D eigenvalue weighted by atomic mass is 16.4. The van der Waals surface area contributed by atoms with Crippen molar-refractivity contribution < 1.29 is 19.8 Å². The van der Waals surface area contributed by atoms with Crippen LogP contribution in [0.3, 0.4) is 0 Å². The highest BCUT2D eigenvalue weighted by Gasteiger charge is 2.20. The van der Waals surface area contributed by atoms with E-state index in [-0.39, 0.29) is 24.4 Å². The summed E-state index contributed by atoms with van der Waals surface area (Å²) in [5.74, 6) is -1.78. The minimum atomic E-state index is -1.22. The van der Waals surface area contributed by atoms with Crippen LogP contribution in [0.25, 0.3) is 0 Å².